The molecule has 160 valence electrons. The average molecular weight is 436 g/mol. The van der Waals surface area contributed by atoms with Crippen LogP contribution in [0.25, 0.3) is 0 Å². The number of nitrogens with one attached hydrogen (secondary N) is 3. The largest absolute Gasteiger partial charge is 0.481 e. The molecule has 0 unspecified atom stereocenters. The first-order valence-electron chi connectivity index (χ1n) is 9.04. The minimum absolute atomic E-state index is 0.0406. The third kappa shape index (κ3) is 7.87. The lowest BCUT2D eigenvalue weighted by molar-refractivity contribution is -0.384. The number of hydrogen-bond acceptors (Lipinski definition) is 6. The zero-order valence-electron chi connectivity index (χ0n) is 15.9. The smallest absolute Gasteiger partial charge is 0.305 e. The van der Waals surface area contributed by atoms with E-state index in [4.69, 9.17) is 22.1 Å². The lowest BCUT2D eigenvalue weighted by Gasteiger charge is -2.12. The molecule has 0 aromatic heterocycles. The summed E-state index contributed by atoms with van der Waals surface area (Å²) >= 11 is 5.02. The number of carbonyl (C=O) groups is 1. The molecule has 30 heavy (non-hydrogen) atoms. The highest BCUT2D eigenvalue weighted by molar-refractivity contribution is 7.80. The molecule has 4 N–H and O–H groups in total. The maximum absolute atomic E-state index is 13.3. The van der Waals surface area contributed by atoms with Crippen LogP contribution in [0.1, 0.15) is 12.8 Å². The van der Waals surface area contributed by atoms with Crippen molar-refractivity contribution in [1.82, 2.24) is 10.6 Å². The van der Waals surface area contributed by atoms with Crippen molar-refractivity contribution in [3.05, 3.63) is 58.4 Å². The minimum Gasteiger partial charge on any atom is -0.481 e. The van der Waals surface area contributed by atoms with Gasteiger partial charge in [0.15, 0.2) is 5.11 Å². The van der Waals surface area contributed by atoms with Crippen molar-refractivity contribution >= 4 is 34.7 Å². The Hall–Kier alpha value is -3.47. The molecule has 0 aliphatic rings. The number of nitro groups is 1. The van der Waals surface area contributed by atoms with Gasteiger partial charge in [0, 0.05) is 37.8 Å². The summed E-state index contributed by atoms with van der Waals surface area (Å²) in [4.78, 5) is 21.2. The number of benzene rings is 2. The maximum atomic E-state index is 13.3. The Balaban J connectivity index is 1.86. The van der Waals surface area contributed by atoms with Crippen LogP contribution in [0.3, 0.4) is 0 Å². The first-order valence-corrected chi connectivity index (χ1v) is 9.45. The number of aliphatic carboxylic acids is 1. The fourth-order valence-corrected chi connectivity index (χ4v) is 2.61. The maximum Gasteiger partial charge on any atom is 0.305 e. The van der Waals surface area contributed by atoms with E-state index in [0.29, 0.717) is 30.4 Å². The third-order valence-electron chi connectivity index (χ3n) is 3.78. The molecule has 0 bridgehead atoms. The summed E-state index contributed by atoms with van der Waals surface area (Å²) in [6.07, 6.45) is 0.550. The topological polar surface area (TPSA) is 126 Å². The van der Waals surface area contributed by atoms with Gasteiger partial charge in [0.1, 0.15) is 23.0 Å². The summed E-state index contributed by atoms with van der Waals surface area (Å²) < 4.78 is 18.9. The third-order valence-corrected chi connectivity index (χ3v) is 4.06. The number of nitrogens with zero attached hydrogens (tertiary/aromatic N) is 1. The van der Waals surface area contributed by atoms with Crippen molar-refractivity contribution in [3.63, 3.8) is 0 Å². The summed E-state index contributed by atoms with van der Waals surface area (Å²) in [5, 5.41) is 28.8. The number of thiocarbonyl (C=S) groups is 1. The van der Waals surface area contributed by atoms with Crippen LogP contribution in [-0.2, 0) is 4.79 Å². The Morgan fingerprint density at radius 3 is 2.57 bits per heavy atom. The van der Waals surface area contributed by atoms with E-state index in [2.05, 4.69) is 16.0 Å². The van der Waals surface area contributed by atoms with Crippen molar-refractivity contribution in [1.29, 1.82) is 0 Å². The van der Waals surface area contributed by atoms with Crippen LogP contribution in [0, 0.1) is 15.9 Å². The number of rotatable bonds is 11. The van der Waals surface area contributed by atoms with Gasteiger partial charge in [-0.1, -0.05) is 6.07 Å². The van der Waals surface area contributed by atoms with Crippen molar-refractivity contribution in [2.75, 3.05) is 25.0 Å². The fraction of sp³-hybridized carbons (Fsp3) is 0.263. The first-order chi connectivity index (χ1) is 14.3. The number of ether oxygens (including phenoxy) is 1. The van der Waals surface area contributed by atoms with E-state index in [1.807, 2.05) is 0 Å². The van der Waals surface area contributed by atoms with Gasteiger partial charge in [-0.05, 0) is 36.8 Å². The Kier molecular flexibility index (Phi) is 8.75. The molecule has 2 rings (SSSR count). The molecular formula is C19H21FN4O5S. The first kappa shape index (κ1) is 22.8. The van der Waals surface area contributed by atoms with Crippen molar-refractivity contribution in [3.8, 4) is 11.5 Å². The van der Waals surface area contributed by atoms with Crippen LogP contribution >= 0.6 is 12.2 Å². The molecule has 0 amide bonds. The predicted octanol–water partition coefficient (Wildman–Crippen LogP) is 3.27. The summed E-state index contributed by atoms with van der Waals surface area (Å²) in [6, 6.07) is 9.83. The number of carboxylic acids is 1. The average Bonchev–Trinajstić information content (AvgIpc) is 2.67. The van der Waals surface area contributed by atoms with Crippen molar-refractivity contribution in [2.45, 2.75) is 12.8 Å². The molecule has 0 aliphatic carbocycles. The Morgan fingerprint density at radius 2 is 1.87 bits per heavy atom. The second-order valence-corrected chi connectivity index (χ2v) is 6.51. The van der Waals surface area contributed by atoms with Crippen LogP contribution in [0.2, 0.25) is 0 Å². The second-order valence-electron chi connectivity index (χ2n) is 6.10. The number of halogens is 1. The van der Waals surface area contributed by atoms with Gasteiger partial charge < -0.3 is 25.8 Å². The number of hydrogen-bond donors (Lipinski definition) is 4. The molecule has 2 aromatic rings. The standard InChI is InChI=1S/C19H21FN4O5S/c20-13-3-1-4-14(11-13)29-15-5-6-17(24(27)28)16(12-15)21-8-2-9-22-19(30)23-10-7-18(25)26/h1,3-6,11-12,21H,2,7-10H2,(H,25,26)(H2,22,23,30). The highest BCUT2D eigenvalue weighted by atomic mass is 32.1. The zero-order valence-corrected chi connectivity index (χ0v) is 16.7. The fourth-order valence-electron chi connectivity index (χ4n) is 2.40. The molecule has 0 heterocycles. The van der Waals surface area contributed by atoms with Crippen molar-refractivity contribution < 1.29 is 24.0 Å². The zero-order chi connectivity index (χ0) is 21.9. The minimum atomic E-state index is -0.917. The summed E-state index contributed by atoms with van der Waals surface area (Å²) in [6.45, 7) is 1.12. The SMILES string of the molecule is O=C(O)CCNC(=S)NCCCNc1cc(Oc2cccc(F)c2)ccc1[N+](=O)[O-]. The van der Waals surface area contributed by atoms with Crippen LogP contribution in [0.15, 0.2) is 42.5 Å². The molecule has 0 saturated heterocycles. The van der Waals surface area contributed by atoms with Gasteiger partial charge in [-0.2, -0.15) is 0 Å². The molecule has 9 nitrogen and oxygen atoms in total. The van der Waals surface area contributed by atoms with Gasteiger partial charge in [-0.3, -0.25) is 14.9 Å². The van der Waals surface area contributed by atoms with Gasteiger partial charge in [0.05, 0.1) is 11.3 Å². The number of nitro benzene ring substituents is 1. The van der Waals surface area contributed by atoms with E-state index in [-0.39, 0.29) is 30.1 Å². The summed E-state index contributed by atoms with van der Waals surface area (Å²) in [7, 11) is 0. The van der Waals surface area contributed by atoms with Crippen LogP contribution in [-0.4, -0.2) is 40.7 Å². The molecular weight excluding hydrogens is 415 g/mol. The Labute approximate surface area is 177 Å². The monoisotopic (exact) mass is 436 g/mol. The van der Waals surface area contributed by atoms with Crippen LogP contribution in [0.4, 0.5) is 15.8 Å². The number of carboxylic acid groups (broad SMARTS) is 1. The number of anilines is 1. The highest BCUT2D eigenvalue weighted by Crippen LogP contribution is 2.31. The van der Waals surface area contributed by atoms with E-state index in [1.165, 1.54) is 36.4 Å². The van der Waals surface area contributed by atoms with Gasteiger partial charge >= 0.3 is 5.97 Å². The molecule has 0 spiro atoms. The highest BCUT2D eigenvalue weighted by Gasteiger charge is 2.15. The molecule has 11 heteroatoms. The second kappa shape index (κ2) is 11.5. The van der Waals surface area contributed by atoms with E-state index in [1.54, 1.807) is 6.07 Å². The Morgan fingerprint density at radius 1 is 1.13 bits per heavy atom. The van der Waals surface area contributed by atoms with Crippen LogP contribution < -0.4 is 20.7 Å². The van der Waals surface area contributed by atoms with Gasteiger partial charge in [-0.15, -0.1) is 0 Å². The van der Waals surface area contributed by atoms with Gasteiger partial charge in [0.2, 0.25) is 0 Å². The van der Waals surface area contributed by atoms with Gasteiger partial charge in [0.25, 0.3) is 5.69 Å². The molecule has 0 atom stereocenters. The lowest BCUT2D eigenvalue weighted by Crippen LogP contribution is -2.37. The van der Waals surface area contributed by atoms with E-state index in [9.17, 15) is 19.3 Å². The molecule has 0 fully saturated rings. The molecule has 0 aliphatic heterocycles. The van der Waals surface area contributed by atoms with E-state index in [0.717, 1.165) is 0 Å². The summed E-state index contributed by atoms with van der Waals surface area (Å²) in [5.74, 6) is -0.756. The molecule has 0 saturated carbocycles. The predicted molar refractivity (Wildman–Crippen MR) is 114 cm³/mol. The van der Waals surface area contributed by atoms with Crippen LogP contribution in [0.5, 0.6) is 11.5 Å². The normalized spacial score (nSPS) is 10.2. The lowest BCUT2D eigenvalue weighted by atomic mass is 10.2. The van der Waals surface area contributed by atoms with Crippen molar-refractivity contribution in [2.24, 2.45) is 0 Å². The Bertz CT molecular complexity index is 912. The van der Waals surface area contributed by atoms with Gasteiger partial charge in [-0.25, -0.2) is 4.39 Å². The quantitative estimate of drug-likeness (QED) is 0.182. The van der Waals surface area contributed by atoms with E-state index < -0.39 is 16.7 Å². The molecule has 2 aromatic carbocycles. The summed E-state index contributed by atoms with van der Waals surface area (Å²) in [5.41, 5.74) is 0.163. The molecule has 0 radical (unpaired) electrons. The van der Waals surface area contributed by atoms with E-state index >= 15 is 0 Å².